The average molecular weight is 544 g/mol. The highest BCUT2D eigenvalue weighted by Crippen LogP contribution is 2.30. The number of nitrogens with zero attached hydrogens (tertiary/aromatic N) is 2. The Hall–Kier alpha value is -3.64. The summed E-state index contributed by atoms with van der Waals surface area (Å²) in [7, 11) is -1.91. The van der Waals surface area contributed by atoms with Crippen molar-refractivity contribution < 1.29 is 23.0 Å². The lowest BCUT2D eigenvalue weighted by atomic mass is 9.97. The molecule has 1 aliphatic carbocycles. The minimum absolute atomic E-state index is 0.0687. The lowest BCUT2D eigenvalue weighted by Gasteiger charge is -2.26. The van der Waals surface area contributed by atoms with E-state index in [-0.39, 0.29) is 22.1 Å². The molecule has 4 amide bonds. The van der Waals surface area contributed by atoms with Gasteiger partial charge in [-0.25, -0.2) is 18.9 Å². The quantitative estimate of drug-likeness (QED) is 0.372. The highest BCUT2D eigenvalue weighted by atomic mass is 32.2. The minimum atomic E-state index is -1.91. The van der Waals surface area contributed by atoms with Crippen molar-refractivity contribution in [2.75, 3.05) is 22.1 Å². The molecule has 3 heterocycles. The number of hydrogen-bond acceptors (Lipinski definition) is 7. The molecule has 1 aliphatic heterocycles. The Morgan fingerprint density at radius 2 is 1.89 bits per heavy atom. The van der Waals surface area contributed by atoms with Gasteiger partial charge in [-0.1, -0.05) is 25.2 Å². The minimum Gasteiger partial charge on any atom is -0.385 e. The van der Waals surface area contributed by atoms with E-state index in [4.69, 9.17) is 0 Å². The fourth-order valence-corrected chi connectivity index (χ4v) is 5.27. The summed E-state index contributed by atoms with van der Waals surface area (Å²) in [5.74, 6) is -0.0295. The van der Waals surface area contributed by atoms with Gasteiger partial charge >= 0.3 is 6.03 Å². The molecule has 9 nitrogen and oxygen atoms in total. The molecular weight excluding hydrogens is 517 g/mol. The van der Waals surface area contributed by atoms with Gasteiger partial charge in [-0.05, 0) is 66.8 Å². The maximum Gasteiger partial charge on any atom is 0.331 e. The van der Waals surface area contributed by atoms with Gasteiger partial charge in [0.2, 0.25) is 5.91 Å². The zero-order chi connectivity index (χ0) is 26.5. The number of rotatable bonds is 7. The van der Waals surface area contributed by atoms with Crippen LogP contribution in [0, 0.1) is 11.0 Å². The fraction of sp³-hybridized carbons (Fsp3) is 0.280. The van der Waals surface area contributed by atoms with E-state index in [0.29, 0.717) is 28.4 Å². The molecule has 0 bridgehead atoms. The van der Waals surface area contributed by atoms with E-state index in [0.717, 1.165) is 23.2 Å². The first-order chi connectivity index (χ1) is 17.9. The highest BCUT2D eigenvalue weighted by molar-refractivity contribution is 7.86. The van der Waals surface area contributed by atoms with Crippen LogP contribution in [0.2, 0.25) is 0 Å². The van der Waals surface area contributed by atoms with Crippen LogP contribution in [0.5, 0.6) is 0 Å². The van der Waals surface area contributed by atoms with Crippen molar-refractivity contribution >= 4 is 57.4 Å². The number of nitrogens with one attached hydrogen (secondary N) is 3. The van der Waals surface area contributed by atoms with Crippen molar-refractivity contribution in [2.24, 2.45) is 5.92 Å². The molecule has 1 unspecified atom stereocenters. The third-order valence-corrected chi connectivity index (χ3v) is 7.82. The summed E-state index contributed by atoms with van der Waals surface area (Å²) in [4.78, 5) is 43.1. The van der Waals surface area contributed by atoms with E-state index >= 15 is 0 Å². The summed E-state index contributed by atoms with van der Waals surface area (Å²) in [6.07, 6.45) is 3.81. The Balaban J connectivity index is 0.00000156. The standard InChI is InChI=1S/C23H20FN5O4S2.C2H6/c24-18-6-8-21(34-18)35(33)28-23(32)27-16-4-7-19(26-12-16)29-20(30)10-14-9-15(25-11-13-1-2-13)3-5-17(14)22(29)31;1-2/h3-9,12-13,25H,1-2,10-11H2,(H2,27,28,32);1-2H3. The van der Waals surface area contributed by atoms with Gasteiger partial charge in [0.05, 0.1) is 18.3 Å². The van der Waals surface area contributed by atoms with Crippen molar-refractivity contribution in [3.05, 3.63) is 64.9 Å². The zero-order valence-corrected chi connectivity index (χ0v) is 21.9. The number of hydrogen-bond donors (Lipinski definition) is 3. The number of imide groups is 1. The van der Waals surface area contributed by atoms with Gasteiger partial charge in [0.25, 0.3) is 5.91 Å². The Morgan fingerprint density at radius 3 is 2.54 bits per heavy atom. The third-order valence-electron chi connectivity index (χ3n) is 5.57. The number of pyridine rings is 1. The predicted octanol–water partition coefficient (Wildman–Crippen LogP) is 4.70. The molecule has 1 fully saturated rings. The average Bonchev–Trinajstić information content (AvgIpc) is 3.62. The van der Waals surface area contributed by atoms with Gasteiger partial charge in [-0.3, -0.25) is 14.3 Å². The van der Waals surface area contributed by atoms with E-state index in [1.807, 2.05) is 26.0 Å². The normalized spacial score (nSPS) is 15.3. The Bertz CT molecular complexity index is 1340. The fourth-order valence-electron chi connectivity index (χ4n) is 3.63. The molecule has 1 saturated carbocycles. The first-order valence-corrected chi connectivity index (χ1v) is 13.8. The molecule has 12 heteroatoms. The SMILES string of the molecule is CC.O=C(Nc1ccc(N2C(=O)Cc3cc(NCC4CC4)ccc3C2=O)nc1)NS(=O)c1ccc(F)s1. The number of aromatic nitrogens is 1. The molecular formula is C25H26FN5O4S2. The number of halogens is 1. The number of carbonyl (C=O) groups excluding carboxylic acids is 3. The summed E-state index contributed by atoms with van der Waals surface area (Å²) in [5.41, 5.74) is 2.26. The molecule has 0 radical (unpaired) electrons. The van der Waals surface area contributed by atoms with Crippen LogP contribution in [-0.4, -0.2) is 33.6 Å². The number of urea groups is 1. The van der Waals surface area contributed by atoms with Gasteiger partial charge < -0.3 is 10.6 Å². The van der Waals surface area contributed by atoms with E-state index in [1.165, 1.54) is 37.2 Å². The Labute approximate surface area is 220 Å². The first-order valence-electron chi connectivity index (χ1n) is 11.8. The van der Waals surface area contributed by atoms with Gasteiger partial charge in [0.15, 0.2) is 16.1 Å². The lowest BCUT2D eigenvalue weighted by molar-refractivity contribution is -0.117. The van der Waals surface area contributed by atoms with Crippen molar-refractivity contribution in [1.82, 2.24) is 9.71 Å². The lowest BCUT2D eigenvalue weighted by Crippen LogP contribution is -2.43. The number of carbonyl (C=O) groups is 3. The molecule has 1 atom stereocenters. The maximum atomic E-state index is 13.1. The summed E-state index contributed by atoms with van der Waals surface area (Å²) in [6, 6.07) is 10.0. The Morgan fingerprint density at radius 1 is 1.14 bits per heavy atom. The van der Waals surface area contributed by atoms with Crippen molar-refractivity contribution in [2.45, 2.75) is 37.3 Å². The second-order valence-electron chi connectivity index (χ2n) is 8.20. The van der Waals surface area contributed by atoms with Gasteiger partial charge in [0, 0.05) is 17.8 Å². The molecule has 2 aliphatic rings. The molecule has 2 aromatic heterocycles. The number of amides is 4. The van der Waals surface area contributed by atoms with Crippen molar-refractivity contribution in [3.8, 4) is 0 Å². The summed E-state index contributed by atoms with van der Waals surface area (Å²) < 4.78 is 27.5. The summed E-state index contributed by atoms with van der Waals surface area (Å²) in [5, 5.41) is 5.30. The van der Waals surface area contributed by atoms with Crippen LogP contribution in [0.4, 0.5) is 26.4 Å². The Kier molecular flexibility index (Phi) is 8.29. The zero-order valence-electron chi connectivity index (χ0n) is 20.2. The van der Waals surface area contributed by atoms with Gasteiger partial charge in [-0.15, -0.1) is 0 Å². The summed E-state index contributed by atoms with van der Waals surface area (Å²) in [6.45, 7) is 4.89. The molecule has 0 saturated heterocycles. The van der Waals surface area contributed by atoms with Crippen LogP contribution >= 0.6 is 11.3 Å². The number of thiophene rings is 1. The topological polar surface area (TPSA) is 120 Å². The third kappa shape index (κ3) is 6.38. The van der Waals surface area contributed by atoms with Crippen LogP contribution in [0.3, 0.4) is 0 Å². The second-order valence-corrected chi connectivity index (χ2v) is 10.7. The predicted molar refractivity (Wildman–Crippen MR) is 142 cm³/mol. The van der Waals surface area contributed by atoms with Crippen LogP contribution < -0.4 is 20.3 Å². The smallest absolute Gasteiger partial charge is 0.331 e. The van der Waals surface area contributed by atoms with E-state index in [9.17, 15) is 23.0 Å². The number of fused-ring (bicyclic) bond motifs is 1. The molecule has 1 aromatic carbocycles. The number of anilines is 3. The molecule has 37 heavy (non-hydrogen) atoms. The van der Waals surface area contributed by atoms with E-state index in [2.05, 4.69) is 20.3 Å². The maximum absolute atomic E-state index is 13.1. The number of benzene rings is 1. The molecule has 3 N–H and O–H groups in total. The highest BCUT2D eigenvalue weighted by Gasteiger charge is 2.33. The van der Waals surface area contributed by atoms with Crippen LogP contribution in [0.1, 0.15) is 42.6 Å². The molecule has 5 rings (SSSR count). The van der Waals surface area contributed by atoms with Gasteiger partial charge in [0.1, 0.15) is 10.0 Å². The molecule has 3 aromatic rings. The second kappa shape index (κ2) is 11.6. The monoisotopic (exact) mass is 543 g/mol. The van der Waals surface area contributed by atoms with Gasteiger partial charge in [-0.2, -0.15) is 4.39 Å². The van der Waals surface area contributed by atoms with Crippen molar-refractivity contribution in [3.63, 3.8) is 0 Å². The summed E-state index contributed by atoms with van der Waals surface area (Å²) >= 11 is 0.669. The molecule has 0 spiro atoms. The van der Waals surface area contributed by atoms with E-state index in [1.54, 1.807) is 6.07 Å². The van der Waals surface area contributed by atoms with Crippen molar-refractivity contribution in [1.29, 1.82) is 0 Å². The van der Waals surface area contributed by atoms with E-state index < -0.39 is 34.0 Å². The van der Waals surface area contributed by atoms with Crippen LogP contribution in [0.25, 0.3) is 0 Å². The molecule has 194 valence electrons. The largest absolute Gasteiger partial charge is 0.385 e. The van der Waals surface area contributed by atoms with Crippen LogP contribution in [-0.2, 0) is 22.2 Å². The van der Waals surface area contributed by atoms with Crippen LogP contribution in [0.15, 0.2) is 52.9 Å². The first kappa shape index (κ1) is 26.4.